The van der Waals surface area contributed by atoms with Gasteiger partial charge in [0.15, 0.2) is 0 Å². The number of benzene rings is 1. The number of hydrogen-bond acceptors (Lipinski definition) is 6. The van der Waals surface area contributed by atoms with E-state index in [0.29, 0.717) is 31.7 Å². The number of aliphatic carboxylic acids is 2. The zero-order chi connectivity index (χ0) is 31.0. The van der Waals surface area contributed by atoms with Gasteiger partial charge in [-0.25, -0.2) is 0 Å². The molecule has 9 nitrogen and oxygen atoms in total. The normalized spacial score (nSPS) is 12.0. The molecule has 0 radical (unpaired) electrons. The summed E-state index contributed by atoms with van der Waals surface area (Å²) in [7, 11) is 0. The Morgan fingerprint density at radius 2 is 1.26 bits per heavy atom. The van der Waals surface area contributed by atoms with E-state index >= 15 is 0 Å². The summed E-state index contributed by atoms with van der Waals surface area (Å²) in [5.41, 5.74) is 8.22. The quantitative estimate of drug-likeness (QED) is 0.0647. The summed E-state index contributed by atoms with van der Waals surface area (Å²) in [5.74, 6) is -1.53. The smallest absolute Gasteiger partial charge is 0.322 e. The molecule has 5 N–H and O–H groups in total. The van der Waals surface area contributed by atoms with E-state index in [1.807, 2.05) is 0 Å². The lowest BCUT2D eigenvalue weighted by Crippen LogP contribution is -2.53. The van der Waals surface area contributed by atoms with Crippen LogP contribution in [0.15, 0.2) is 24.3 Å². The van der Waals surface area contributed by atoms with Crippen molar-refractivity contribution >= 4 is 17.8 Å². The SMILES string of the molecule is CC(C)CCCCCCCCCCCCCCCOc1ccc(C(=O)NN(CC(=O)O)[C@@H](CCCCN)C(=O)O)cc1. The van der Waals surface area contributed by atoms with Crippen molar-refractivity contribution in [3.63, 3.8) is 0 Å². The standard InChI is InChI=1S/C33H57N3O6/c1-27(2)18-14-12-10-8-6-4-3-5-7-9-11-13-17-25-42-29-22-20-28(21-23-29)32(39)35-36(26-31(37)38)30(33(40)41)19-15-16-24-34/h20-23,27,30H,3-19,24-26,34H2,1-2H3,(H,35,39)(H,37,38)(H,40,41)/t30-/m0/s1. The van der Waals surface area contributed by atoms with Crippen LogP contribution < -0.4 is 15.9 Å². The van der Waals surface area contributed by atoms with Gasteiger partial charge in [-0.2, -0.15) is 5.01 Å². The summed E-state index contributed by atoms with van der Waals surface area (Å²) in [4.78, 5) is 35.8. The summed E-state index contributed by atoms with van der Waals surface area (Å²) in [6, 6.07) is 5.38. The maximum Gasteiger partial charge on any atom is 0.322 e. The van der Waals surface area contributed by atoms with Crippen molar-refractivity contribution < 1.29 is 29.3 Å². The van der Waals surface area contributed by atoms with Crippen LogP contribution in [-0.4, -0.2) is 58.8 Å². The van der Waals surface area contributed by atoms with Crippen LogP contribution in [0.2, 0.25) is 0 Å². The van der Waals surface area contributed by atoms with Crippen LogP contribution in [0, 0.1) is 5.92 Å². The molecule has 0 saturated heterocycles. The van der Waals surface area contributed by atoms with Crippen LogP contribution in [0.25, 0.3) is 0 Å². The molecule has 1 aromatic rings. The van der Waals surface area contributed by atoms with E-state index in [-0.39, 0.29) is 12.0 Å². The van der Waals surface area contributed by atoms with E-state index in [1.54, 1.807) is 24.3 Å². The molecule has 0 fully saturated rings. The zero-order valence-corrected chi connectivity index (χ0v) is 26.2. The highest BCUT2D eigenvalue weighted by atomic mass is 16.5. The molecule has 0 aromatic heterocycles. The number of ether oxygens (including phenoxy) is 1. The van der Waals surface area contributed by atoms with Gasteiger partial charge < -0.3 is 20.7 Å². The van der Waals surface area contributed by atoms with Gasteiger partial charge >= 0.3 is 11.9 Å². The van der Waals surface area contributed by atoms with Gasteiger partial charge in [-0.15, -0.1) is 0 Å². The molecule has 42 heavy (non-hydrogen) atoms. The lowest BCUT2D eigenvalue weighted by molar-refractivity contribution is -0.148. The van der Waals surface area contributed by atoms with Crippen LogP contribution in [0.4, 0.5) is 0 Å². The zero-order valence-electron chi connectivity index (χ0n) is 26.2. The van der Waals surface area contributed by atoms with Crippen molar-refractivity contribution in [3.05, 3.63) is 29.8 Å². The molecule has 1 atom stereocenters. The highest BCUT2D eigenvalue weighted by Crippen LogP contribution is 2.16. The summed E-state index contributed by atoms with van der Waals surface area (Å²) in [6.07, 6.45) is 19.6. The number of amides is 1. The Kier molecular flexibility index (Phi) is 21.2. The van der Waals surface area contributed by atoms with E-state index in [1.165, 1.54) is 77.0 Å². The minimum absolute atomic E-state index is 0.172. The number of carbonyl (C=O) groups excluding carboxylic acids is 1. The summed E-state index contributed by atoms with van der Waals surface area (Å²) in [5, 5.41) is 19.8. The second-order valence-corrected chi connectivity index (χ2v) is 11.8. The minimum atomic E-state index is -1.24. The molecule has 0 aliphatic heterocycles. The predicted octanol–water partition coefficient (Wildman–Crippen LogP) is 6.80. The van der Waals surface area contributed by atoms with Gasteiger partial charge in [0.05, 0.1) is 6.61 Å². The Labute approximate surface area is 253 Å². The summed E-state index contributed by atoms with van der Waals surface area (Å²) in [6.45, 7) is 4.99. The highest BCUT2D eigenvalue weighted by Gasteiger charge is 2.28. The van der Waals surface area contributed by atoms with E-state index in [4.69, 9.17) is 10.5 Å². The molecular formula is C33H57N3O6. The summed E-state index contributed by atoms with van der Waals surface area (Å²) < 4.78 is 5.81. The molecule has 1 rings (SSSR count). The van der Waals surface area contributed by atoms with Crippen molar-refractivity contribution in [2.75, 3.05) is 19.7 Å². The number of carboxylic acids is 2. The number of unbranched alkanes of at least 4 members (excludes halogenated alkanes) is 13. The Hall–Kier alpha value is -2.65. The van der Waals surface area contributed by atoms with Crippen molar-refractivity contribution in [1.29, 1.82) is 0 Å². The van der Waals surface area contributed by atoms with Crippen LogP contribution in [0.1, 0.15) is 133 Å². The Balaban J connectivity index is 2.23. The second-order valence-electron chi connectivity index (χ2n) is 11.8. The van der Waals surface area contributed by atoms with Crippen molar-refractivity contribution in [2.24, 2.45) is 11.7 Å². The molecule has 0 aliphatic rings. The molecule has 9 heteroatoms. The number of carbonyl (C=O) groups is 3. The molecule has 240 valence electrons. The molecule has 0 spiro atoms. The number of hydrazine groups is 1. The number of nitrogens with one attached hydrogen (secondary N) is 1. The van der Waals surface area contributed by atoms with Crippen LogP contribution in [0.3, 0.4) is 0 Å². The molecule has 0 unspecified atom stereocenters. The number of rotatable bonds is 27. The molecular weight excluding hydrogens is 534 g/mol. The first-order valence-corrected chi connectivity index (χ1v) is 16.2. The van der Waals surface area contributed by atoms with Crippen molar-refractivity contribution in [1.82, 2.24) is 10.4 Å². The van der Waals surface area contributed by atoms with Crippen molar-refractivity contribution in [2.45, 2.75) is 129 Å². The second kappa shape index (κ2) is 23.9. The van der Waals surface area contributed by atoms with Crippen molar-refractivity contribution in [3.8, 4) is 5.75 Å². The Morgan fingerprint density at radius 3 is 1.74 bits per heavy atom. The fourth-order valence-corrected chi connectivity index (χ4v) is 4.95. The average molecular weight is 592 g/mol. The molecule has 1 aromatic carbocycles. The third-order valence-corrected chi connectivity index (χ3v) is 7.45. The van der Waals surface area contributed by atoms with Gasteiger partial charge in [-0.05, 0) is 62.4 Å². The maximum absolute atomic E-state index is 12.7. The average Bonchev–Trinajstić information content (AvgIpc) is 2.94. The highest BCUT2D eigenvalue weighted by molar-refractivity contribution is 5.94. The fourth-order valence-electron chi connectivity index (χ4n) is 4.95. The predicted molar refractivity (Wildman–Crippen MR) is 168 cm³/mol. The molecule has 0 heterocycles. The molecule has 0 bridgehead atoms. The van der Waals surface area contributed by atoms with Gasteiger partial charge in [0.2, 0.25) is 0 Å². The van der Waals surface area contributed by atoms with Gasteiger partial charge in [-0.1, -0.05) is 97.3 Å². The largest absolute Gasteiger partial charge is 0.494 e. The Morgan fingerprint density at radius 1 is 0.762 bits per heavy atom. The Bertz CT molecular complexity index is 862. The van der Waals surface area contributed by atoms with Gasteiger partial charge in [0, 0.05) is 5.56 Å². The lowest BCUT2D eigenvalue weighted by atomic mass is 10.0. The molecule has 0 saturated carbocycles. The van der Waals surface area contributed by atoms with E-state index < -0.39 is 30.4 Å². The van der Waals surface area contributed by atoms with E-state index in [9.17, 15) is 24.6 Å². The number of carboxylic acid groups (broad SMARTS) is 2. The van der Waals surface area contributed by atoms with Gasteiger partial charge in [0.25, 0.3) is 5.91 Å². The fraction of sp³-hybridized carbons (Fsp3) is 0.727. The van der Waals surface area contributed by atoms with Gasteiger partial charge in [-0.3, -0.25) is 19.8 Å². The van der Waals surface area contributed by atoms with Crippen LogP contribution in [0.5, 0.6) is 5.75 Å². The first-order chi connectivity index (χ1) is 20.2. The molecule has 0 aliphatic carbocycles. The molecule has 1 amide bonds. The first kappa shape index (κ1) is 37.4. The van der Waals surface area contributed by atoms with Gasteiger partial charge in [0.1, 0.15) is 18.3 Å². The summed E-state index contributed by atoms with van der Waals surface area (Å²) >= 11 is 0. The first-order valence-electron chi connectivity index (χ1n) is 16.2. The minimum Gasteiger partial charge on any atom is -0.494 e. The van der Waals surface area contributed by atoms with E-state index in [2.05, 4.69) is 19.3 Å². The third kappa shape index (κ3) is 18.7. The van der Waals surface area contributed by atoms with Crippen LogP contribution >= 0.6 is 0 Å². The van der Waals surface area contributed by atoms with Crippen LogP contribution in [-0.2, 0) is 9.59 Å². The number of nitrogens with zero attached hydrogens (tertiary/aromatic N) is 1. The monoisotopic (exact) mass is 591 g/mol. The third-order valence-electron chi connectivity index (χ3n) is 7.45. The maximum atomic E-state index is 12.7. The lowest BCUT2D eigenvalue weighted by Gasteiger charge is -2.27. The topological polar surface area (TPSA) is 142 Å². The number of nitrogens with two attached hydrogens (primary N) is 1. The number of hydrogen-bond donors (Lipinski definition) is 4. The van der Waals surface area contributed by atoms with E-state index in [0.717, 1.165) is 23.8 Å².